The zero-order chi connectivity index (χ0) is 16.4. The molecular formula is C12H9ClN2O6S. The second-order valence-electron chi connectivity index (χ2n) is 4.16. The van der Waals surface area contributed by atoms with Crippen LogP contribution in [0.3, 0.4) is 0 Å². The maximum atomic E-state index is 11.8. The number of nitro groups is 1. The lowest BCUT2D eigenvalue weighted by Gasteiger charge is -2.19. The van der Waals surface area contributed by atoms with Gasteiger partial charge in [-0.15, -0.1) is 0 Å². The molecule has 1 aromatic rings. The summed E-state index contributed by atoms with van der Waals surface area (Å²) in [5.41, 5.74) is -0.709. The summed E-state index contributed by atoms with van der Waals surface area (Å²) in [6.45, 7) is 0. The number of rotatable bonds is 3. The second-order valence-corrected chi connectivity index (χ2v) is 5.45. The molecule has 0 saturated heterocycles. The van der Waals surface area contributed by atoms with Gasteiger partial charge in [-0.2, -0.15) is 8.42 Å². The van der Waals surface area contributed by atoms with Crippen molar-refractivity contribution in [3.8, 4) is 0 Å². The average molecular weight is 345 g/mol. The Labute approximate surface area is 130 Å². The molecule has 1 aromatic heterocycles. The first-order valence-corrected chi connectivity index (χ1v) is 7.27. The van der Waals surface area contributed by atoms with E-state index in [4.69, 9.17) is 11.6 Å². The number of hydrogen-bond acceptors (Lipinski definition) is 6. The monoisotopic (exact) mass is 344 g/mol. The Morgan fingerprint density at radius 2 is 2.00 bits per heavy atom. The lowest BCUT2D eigenvalue weighted by Crippen LogP contribution is -2.32. The van der Waals surface area contributed by atoms with E-state index < -0.39 is 37.7 Å². The van der Waals surface area contributed by atoms with Crippen LogP contribution >= 0.6 is 11.6 Å². The smallest absolute Gasteiger partial charge is 0.318 e. The van der Waals surface area contributed by atoms with Crippen molar-refractivity contribution in [3.63, 3.8) is 0 Å². The summed E-state index contributed by atoms with van der Waals surface area (Å²) in [4.78, 5) is 21.4. The lowest BCUT2D eigenvalue weighted by molar-refractivity contribution is -0.415. The molecule has 116 valence electrons. The predicted octanol–water partition coefficient (Wildman–Crippen LogP) is 0.910. The number of allylic oxidation sites excluding steroid dienone is 3. The van der Waals surface area contributed by atoms with E-state index in [0.29, 0.717) is 0 Å². The molecule has 22 heavy (non-hydrogen) atoms. The van der Waals surface area contributed by atoms with Gasteiger partial charge in [0.2, 0.25) is 10.3 Å². The fourth-order valence-electron chi connectivity index (χ4n) is 2.03. The van der Waals surface area contributed by atoms with E-state index in [9.17, 15) is 23.3 Å². The molecule has 0 saturated carbocycles. The molecule has 0 N–H and O–H groups in total. The van der Waals surface area contributed by atoms with Crippen LogP contribution in [0.5, 0.6) is 0 Å². The Morgan fingerprint density at radius 1 is 1.41 bits per heavy atom. The van der Waals surface area contributed by atoms with Crippen molar-refractivity contribution >= 4 is 38.4 Å². The van der Waals surface area contributed by atoms with Crippen LogP contribution in [0, 0.1) is 16.0 Å². The van der Waals surface area contributed by atoms with Gasteiger partial charge < -0.3 is 9.30 Å². The van der Waals surface area contributed by atoms with E-state index in [1.54, 1.807) is 24.5 Å². The van der Waals surface area contributed by atoms with E-state index in [1.807, 2.05) is 0 Å². The number of ether oxygens (including phenoxy) is 1. The Morgan fingerprint density at radius 3 is 2.45 bits per heavy atom. The van der Waals surface area contributed by atoms with Gasteiger partial charge in [0.05, 0.1) is 17.7 Å². The van der Waals surface area contributed by atoms with Crippen molar-refractivity contribution in [1.82, 2.24) is 4.57 Å². The van der Waals surface area contributed by atoms with Crippen LogP contribution in [-0.4, -0.2) is 35.9 Å². The largest absolute Gasteiger partial charge is 0.468 e. The molecule has 0 aliphatic heterocycles. The summed E-state index contributed by atoms with van der Waals surface area (Å²) in [6, 6.07) is 3.30. The van der Waals surface area contributed by atoms with E-state index in [-0.39, 0.29) is 10.7 Å². The Kier molecular flexibility index (Phi) is 4.48. The summed E-state index contributed by atoms with van der Waals surface area (Å²) in [5, 5.41) is 10.9. The number of carbonyl (C=O) groups is 1. The van der Waals surface area contributed by atoms with Gasteiger partial charge in [0, 0.05) is 12.4 Å². The predicted molar refractivity (Wildman–Crippen MR) is 78.0 cm³/mol. The van der Waals surface area contributed by atoms with Crippen LogP contribution in [0.1, 0.15) is 0 Å². The van der Waals surface area contributed by atoms with Crippen LogP contribution in [0.2, 0.25) is 0 Å². The highest BCUT2D eigenvalue weighted by molar-refractivity contribution is 7.73. The van der Waals surface area contributed by atoms with Gasteiger partial charge in [-0.25, -0.2) is 0 Å². The molecule has 1 atom stereocenters. The molecule has 0 fully saturated rings. The molecule has 2 rings (SSSR count). The van der Waals surface area contributed by atoms with E-state index in [0.717, 1.165) is 7.11 Å². The minimum atomic E-state index is -3.01. The van der Waals surface area contributed by atoms with Crippen LogP contribution in [0.4, 0.5) is 0 Å². The molecule has 0 aromatic carbocycles. The van der Waals surface area contributed by atoms with Gasteiger partial charge in [0.25, 0.3) is 0 Å². The SMILES string of the molecule is COC(=O)C1C=C(n2cccc2)C(Cl)=C([N+](=O)[O-])C1=S(=O)=O. The highest BCUT2D eigenvalue weighted by Gasteiger charge is 2.41. The molecule has 0 radical (unpaired) electrons. The third kappa shape index (κ3) is 2.68. The Balaban J connectivity index is 2.79. The molecule has 8 nitrogen and oxygen atoms in total. The van der Waals surface area contributed by atoms with Crippen molar-refractivity contribution in [1.29, 1.82) is 0 Å². The summed E-state index contributed by atoms with van der Waals surface area (Å²) >= 11 is 5.99. The number of carbonyl (C=O) groups excluding carboxylic acids is 1. The fourth-order valence-corrected chi connectivity index (χ4v) is 3.13. The van der Waals surface area contributed by atoms with Crippen molar-refractivity contribution in [3.05, 3.63) is 51.4 Å². The maximum Gasteiger partial charge on any atom is 0.318 e. The molecule has 1 heterocycles. The van der Waals surface area contributed by atoms with Gasteiger partial charge in [0.1, 0.15) is 11.0 Å². The standard InChI is InChI=1S/C12H9ClN2O6S/c1-21-12(16)7-6-8(14-4-2-3-5-14)9(13)10(15(17)18)11(7)22(19)20/h2-7H,1H3. The number of hydrogen-bond donors (Lipinski definition) is 0. The zero-order valence-corrected chi connectivity index (χ0v) is 12.7. The first-order chi connectivity index (χ1) is 10.4. The summed E-state index contributed by atoms with van der Waals surface area (Å²) in [5.74, 6) is -2.38. The van der Waals surface area contributed by atoms with Crippen LogP contribution in [0.25, 0.3) is 5.70 Å². The average Bonchev–Trinajstić information content (AvgIpc) is 2.99. The van der Waals surface area contributed by atoms with Gasteiger partial charge in [-0.1, -0.05) is 11.6 Å². The van der Waals surface area contributed by atoms with Crippen LogP contribution in [-0.2, 0) is 19.8 Å². The highest BCUT2D eigenvalue weighted by atomic mass is 35.5. The summed E-state index contributed by atoms with van der Waals surface area (Å²) in [7, 11) is -1.95. The molecule has 1 aliphatic rings. The zero-order valence-electron chi connectivity index (χ0n) is 11.1. The van der Waals surface area contributed by atoms with Crippen molar-refractivity contribution < 1.29 is 22.9 Å². The lowest BCUT2D eigenvalue weighted by atomic mass is 9.96. The first kappa shape index (κ1) is 16.0. The van der Waals surface area contributed by atoms with E-state index >= 15 is 0 Å². The topological polar surface area (TPSA) is 109 Å². The van der Waals surface area contributed by atoms with Gasteiger partial charge in [-0.3, -0.25) is 14.9 Å². The number of esters is 1. The number of halogens is 1. The molecule has 0 amide bonds. The summed E-state index contributed by atoms with van der Waals surface area (Å²) in [6.07, 6.45) is 4.32. The number of nitrogens with zero attached hydrogens (tertiary/aromatic N) is 2. The maximum absolute atomic E-state index is 11.8. The molecule has 1 unspecified atom stereocenters. The second kappa shape index (κ2) is 6.16. The minimum Gasteiger partial charge on any atom is -0.468 e. The van der Waals surface area contributed by atoms with Gasteiger partial charge in [-0.05, 0) is 18.2 Å². The quantitative estimate of drug-likeness (QED) is 0.349. The number of methoxy groups -OCH3 is 1. The van der Waals surface area contributed by atoms with Crippen LogP contribution in [0.15, 0.2) is 41.3 Å². The third-order valence-electron chi connectivity index (χ3n) is 2.97. The van der Waals surface area contributed by atoms with Crippen molar-refractivity contribution in [2.75, 3.05) is 7.11 Å². The molecule has 10 heteroatoms. The highest BCUT2D eigenvalue weighted by Crippen LogP contribution is 2.33. The van der Waals surface area contributed by atoms with Crippen molar-refractivity contribution in [2.24, 2.45) is 5.92 Å². The first-order valence-electron chi connectivity index (χ1n) is 5.82. The van der Waals surface area contributed by atoms with Crippen molar-refractivity contribution in [2.45, 2.75) is 0 Å². The fraction of sp³-hybridized carbons (Fsp3) is 0.167. The minimum absolute atomic E-state index is 0.128. The van der Waals surface area contributed by atoms with E-state index in [1.165, 1.54) is 10.6 Å². The third-order valence-corrected chi connectivity index (χ3v) is 4.15. The molecule has 1 aliphatic carbocycles. The molecular weight excluding hydrogens is 336 g/mol. The summed E-state index contributed by atoms with van der Waals surface area (Å²) < 4.78 is 28.7. The van der Waals surface area contributed by atoms with E-state index in [2.05, 4.69) is 4.74 Å². The van der Waals surface area contributed by atoms with Gasteiger partial charge >= 0.3 is 11.7 Å². The molecule has 0 bridgehead atoms. The molecule has 0 spiro atoms. The Hall–Kier alpha value is -2.39. The van der Waals surface area contributed by atoms with Gasteiger partial charge in [0.15, 0.2) is 4.86 Å². The number of aromatic nitrogens is 1. The normalized spacial score (nSPS) is 18.0. The van der Waals surface area contributed by atoms with Crippen LogP contribution < -0.4 is 0 Å². The Bertz CT molecular complexity index is 827.